The zero-order valence-electron chi connectivity index (χ0n) is 13.9. The van der Waals surface area contributed by atoms with Gasteiger partial charge in [0.15, 0.2) is 5.84 Å². The van der Waals surface area contributed by atoms with E-state index in [-0.39, 0.29) is 30.2 Å². The number of carbonyl (C=O) groups excluding carboxylic acids is 1. The Hall–Kier alpha value is -3.59. The minimum atomic E-state index is -0.831. The third-order valence-electron chi connectivity index (χ3n) is 4.15. The van der Waals surface area contributed by atoms with Crippen LogP contribution in [0, 0.1) is 16.7 Å². The van der Waals surface area contributed by atoms with Crippen LogP contribution in [0.15, 0.2) is 72.0 Å². The normalized spacial score (nSPS) is 16.5. The van der Waals surface area contributed by atoms with Crippen molar-refractivity contribution >= 4 is 11.9 Å². The van der Waals surface area contributed by atoms with Crippen LogP contribution in [0.3, 0.4) is 0 Å². The van der Waals surface area contributed by atoms with Crippen LogP contribution in [0.5, 0.6) is 0 Å². The lowest BCUT2D eigenvalue weighted by Gasteiger charge is -2.24. The quantitative estimate of drug-likeness (QED) is 0.883. The minimum Gasteiger partial charge on any atom is -0.509 e. The molecular weight excluding hydrogens is 330 g/mol. The number of carbonyl (C=O) groups is 1. The molecule has 1 aliphatic heterocycles. The van der Waals surface area contributed by atoms with E-state index in [9.17, 15) is 15.2 Å². The molecule has 0 saturated heterocycles. The second-order valence-corrected chi connectivity index (χ2v) is 5.84. The Bertz CT molecular complexity index is 886. The lowest BCUT2D eigenvalue weighted by Crippen LogP contribution is -2.42. The first-order valence-corrected chi connectivity index (χ1v) is 8.07. The summed E-state index contributed by atoms with van der Waals surface area (Å²) in [4.78, 5) is 13.6. The fraction of sp³-hybridized carbons (Fsp3) is 0.150. The van der Waals surface area contributed by atoms with Gasteiger partial charge in [-0.25, -0.2) is 9.69 Å². The van der Waals surface area contributed by atoms with Crippen LogP contribution < -0.4 is 0 Å². The summed E-state index contributed by atoms with van der Waals surface area (Å²) >= 11 is 0. The molecule has 6 nitrogen and oxygen atoms in total. The van der Waals surface area contributed by atoms with Crippen LogP contribution in [-0.2, 0) is 17.8 Å². The molecule has 0 radical (unpaired) electrons. The second-order valence-electron chi connectivity index (χ2n) is 5.84. The van der Waals surface area contributed by atoms with Crippen molar-refractivity contribution in [2.24, 2.45) is 0 Å². The van der Waals surface area contributed by atoms with Gasteiger partial charge in [-0.3, -0.25) is 5.41 Å². The van der Waals surface area contributed by atoms with Crippen molar-refractivity contribution in [1.29, 1.82) is 10.7 Å². The molecule has 2 aromatic carbocycles. The topological polar surface area (TPSA) is 97.4 Å². The molecule has 3 rings (SSSR count). The zero-order valence-corrected chi connectivity index (χ0v) is 13.9. The molecule has 1 aliphatic rings. The smallest absolute Gasteiger partial charge is 0.416 e. The number of amides is 1. The van der Waals surface area contributed by atoms with Crippen LogP contribution in [0.25, 0.3) is 0 Å². The van der Waals surface area contributed by atoms with Gasteiger partial charge in [-0.05, 0) is 11.1 Å². The van der Waals surface area contributed by atoms with E-state index in [0.29, 0.717) is 0 Å². The summed E-state index contributed by atoms with van der Waals surface area (Å²) < 4.78 is 5.29. The lowest BCUT2D eigenvalue weighted by molar-refractivity contribution is 0.106. The Balaban J connectivity index is 1.80. The number of aliphatic hydroxyl groups excluding tert-OH is 1. The number of aliphatic hydroxyl groups is 1. The van der Waals surface area contributed by atoms with Crippen molar-refractivity contribution in [1.82, 2.24) is 4.90 Å². The van der Waals surface area contributed by atoms with Crippen LogP contribution in [0.4, 0.5) is 4.79 Å². The fourth-order valence-electron chi connectivity index (χ4n) is 2.83. The number of nitriles is 1. The number of hydrogen-bond donors (Lipinski definition) is 2. The molecule has 1 amide bonds. The molecule has 0 aromatic heterocycles. The van der Waals surface area contributed by atoms with Crippen molar-refractivity contribution in [3.05, 3.63) is 83.1 Å². The van der Waals surface area contributed by atoms with Gasteiger partial charge in [0.1, 0.15) is 30.1 Å². The summed E-state index contributed by atoms with van der Waals surface area (Å²) in [6.07, 6.45) is -0.489. The highest BCUT2D eigenvalue weighted by Crippen LogP contribution is 2.28. The average Bonchev–Trinajstić information content (AvgIpc) is 2.91. The zero-order chi connectivity index (χ0) is 18.5. The summed E-state index contributed by atoms with van der Waals surface area (Å²) in [6, 6.07) is 19.4. The molecule has 6 heteroatoms. The predicted octanol–water partition coefficient (Wildman–Crippen LogP) is 3.56. The highest BCUT2D eigenvalue weighted by Gasteiger charge is 2.42. The fourth-order valence-corrected chi connectivity index (χ4v) is 2.83. The van der Waals surface area contributed by atoms with E-state index < -0.39 is 12.1 Å². The molecule has 0 bridgehead atoms. The molecule has 0 aliphatic carbocycles. The second kappa shape index (κ2) is 7.53. The Kier molecular flexibility index (Phi) is 4.99. The predicted molar refractivity (Wildman–Crippen MR) is 95.4 cm³/mol. The number of benzene rings is 2. The number of nitrogens with zero attached hydrogens (tertiary/aromatic N) is 2. The highest BCUT2D eigenvalue weighted by molar-refractivity contribution is 6.10. The number of rotatable bonds is 4. The summed E-state index contributed by atoms with van der Waals surface area (Å²) in [5.41, 5.74) is 1.48. The van der Waals surface area contributed by atoms with E-state index in [0.717, 1.165) is 16.0 Å². The SMILES string of the molecule is N#CC1=C(O)[C@H](Cc2ccccc2)N(C(=O)OCc2ccccc2)C1=N. The summed E-state index contributed by atoms with van der Waals surface area (Å²) in [6.45, 7) is 0.0458. The maximum atomic E-state index is 12.6. The van der Waals surface area contributed by atoms with E-state index in [4.69, 9.17) is 10.1 Å². The number of ether oxygens (including phenoxy) is 1. The van der Waals surface area contributed by atoms with Crippen LogP contribution in [0.2, 0.25) is 0 Å². The Morgan fingerprint density at radius 2 is 1.69 bits per heavy atom. The molecule has 1 heterocycles. The van der Waals surface area contributed by atoms with Gasteiger partial charge in [-0.1, -0.05) is 60.7 Å². The number of nitrogens with one attached hydrogen (secondary N) is 1. The van der Waals surface area contributed by atoms with E-state index in [1.54, 1.807) is 6.07 Å². The molecule has 0 saturated carbocycles. The Labute approximate surface area is 151 Å². The standard InChI is InChI=1S/C20H17N3O3/c21-12-16-18(24)17(11-14-7-3-1-4-8-14)23(19(16)22)20(25)26-13-15-9-5-2-6-10-15/h1-10,17,22,24H,11,13H2/t17-/m0/s1. The lowest BCUT2D eigenvalue weighted by atomic mass is 10.0. The molecule has 0 fully saturated rings. The first-order valence-electron chi connectivity index (χ1n) is 8.07. The van der Waals surface area contributed by atoms with Gasteiger partial charge in [0.25, 0.3) is 0 Å². The summed E-state index contributed by atoms with van der Waals surface area (Å²) in [5, 5.41) is 27.7. The molecular formula is C20H17N3O3. The van der Waals surface area contributed by atoms with E-state index in [1.807, 2.05) is 60.7 Å². The number of amidine groups is 1. The van der Waals surface area contributed by atoms with Gasteiger partial charge in [0.05, 0.1) is 0 Å². The van der Waals surface area contributed by atoms with Gasteiger partial charge < -0.3 is 9.84 Å². The van der Waals surface area contributed by atoms with Gasteiger partial charge in [0, 0.05) is 6.42 Å². The molecule has 26 heavy (non-hydrogen) atoms. The van der Waals surface area contributed by atoms with Crippen molar-refractivity contribution in [3.63, 3.8) is 0 Å². The van der Waals surface area contributed by atoms with Gasteiger partial charge in [-0.15, -0.1) is 0 Å². The molecule has 2 N–H and O–H groups in total. The molecule has 1 atom stereocenters. The largest absolute Gasteiger partial charge is 0.509 e. The van der Waals surface area contributed by atoms with Gasteiger partial charge >= 0.3 is 6.09 Å². The summed E-state index contributed by atoms with van der Waals surface area (Å²) in [5.74, 6) is -0.623. The molecule has 130 valence electrons. The maximum absolute atomic E-state index is 12.6. The third-order valence-corrected chi connectivity index (χ3v) is 4.15. The first-order chi connectivity index (χ1) is 12.6. The monoisotopic (exact) mass is 347 g/mol. The minimum absolute atomic E-state index is 0.0458. The van der Waals surface area contributed by atoms with E-state index in [1.165, 1.54) is 0 Å². The van der Waals surface area contributed by atoms with Crippen LogP contribution in [0.1, 0.15) is 11.1 Å². The van der Waals surface area contributed by atoms with Crippen molar-refractivity contribution in [2.45, 2.75) is 19.1 Å². The van der Waals surface area contributed by atoms with Crippen molar-refractivity contribution < 1.29 is 14.6 Å². The van der Waals surface area contributed by atoms with Gasteiger partial charge in [-0.2, -0.15) is 5.26 Å². The van der Waals surface area contributed by atoms with Gasteiger partial charge in [0.2, 0.25) is 0 Å². The highest BCUT2D eigenvalue weighted by atomic mass is 16.6. The molecule has 2 aromatic rings. The summed E-state index contributed by atoms with van der Waals surface area (Å²) in [7, 11) is 0. The first kappa shape index (κ1) is 17.2. The van der Waals surface area contributed by atoms with E-state index >= 15 is 0 Å². The van der Waals surface area contributed by atoms with Crippen LogP contribution >= 0.6 is 0 Å². The molecule has 0 unspecified atom stereocenters. The van der Waals surface area contributed by atoms with E-state index in [2.05, 4.69) is 0 Å². The Morgan fingerprint density at radius 3 is 2.27 bits per heavy atom. The van der Waals surface area contributed by atoms with Crippen LogP contribution in [-0.4, -0.2) is 28.0 Å². The van der Waals surface area contributed by atoms with Crippen molar-refractivity contribution in [2.75, 3.05) is 0 Å². The molecule has 0 spiro atoms. The maximum Gasteiger partial charge on any atom is 0.416 e. The average molecular weight is 347 g/mol. The number of hydrogen-bond acceptors (Lipinski definition) is 5. The van der Waals surface area contributed by atoms with Crippen molar-refractivity contribution in [3.8, 4) is 6.07 Å². The Morgan fingerprint density at radius 1 is 1.12 bits per heavy atom. The third kappa shape index (κ3) is 3.42.